The van der Waals surface area contributed by atoms with E-state index in [-0.39, 0.29) is 0 Å². The second-order valence-corrected chi connectivity index (χ2v) is 5.88. The molecule has 0 spiro atoms. The molecule has 1 N–H and O–H groups in total. The SMILES string of the molecule is CCOCCCNCC(C)N1CCCCc2ccccc21. The fourth-order valence-corrected chi connectivity index (χ4v) is 3.04. The number of aryl methyl sites for hydroxylation is 1. The van der Waals surface area contributed by atoms with Crippen LogP contribution in [0.3, 0.4) is 0 Å². The molecule has 0 aromatic heterocycles. The molecule has 1 unspecified atom stereocenters. The predicted molar refractivity (Wildman–Crippen MR) is 90.2 cm³/mol. The molecule has 1 aromatic rings. The molecule has 0 amide bonds. The third-order valence-corrected chi connectivity index (χ3v) is 4.21. The standard InChI is InChI=1S/C18H30N2O/c1-3-21-14-8-12-19-15-16(2)20-13-7-6-10-17-9-4-5-11-18(17)20/h4-5,9,11,16,19H,3,6-8,10,12-15H2,1-2H3. The van der Waals surface area contributed by atoms with Gasteiger partial charge in [-0.2, -0.15) is 0 Å². The average molecular weight is 290 g/mol. The van der Waals surface area contributed by atoms with Crippen LogP contribution in [0.4, 0.5) is 5.69 Å². The van der Waals surface area contributed by atoms with Crippen molar-refractivity contribution in [3.8, 4) is 0 Å². The van der Waals surface area contributed by atoms with Gasteiger partial charge in [-0.3, -0.25) is 0 Å². The zero-order valence-electron chi connectivity index (χ0n) is 13.6. The first-order valence-electron chi connectivity index (χ1n) is 8.46. The van der Waals surface area contributed by atoms with Crippen LogP contribution in [-0.4, -0.2) is 38.9 Å². The number of hydrogen-bond acceptors (Lipinski definition) is 3. The molecule has 0 saturated carbocycles. The van der Waals surface area contributed by atoms with Gasteiger partial charge in [0.15, 0.2) is 0 Å². The second kappa shape index (κ2) is 9.06. The van der Waals surface area contributed by atoms with E-state index in [0.29, 0.717) is 6.04 Å². The van der Waals surface area contributed by atoms with Gasteiger partial charge in [0.1, 0.15) is 0 Å². The van der Waals surface area contributed by atoms with Crippen LogP contribution in [0.5, 0.6) is 0 Å². The maximum Gasteiger partial charge on any atom is 0.0477 e. The summed E-state index contributed by atoms with van der Waals surface area (Å²) in [6, 6.07) is 9.44. The van der Waals surface area contributed by atoms with Gasteiger partial charge in [-0.15, -0.1) is 0 Å². The number of nitrogens with one attached hydrogen (secondary N) is 1. The molecule has 0 bridgehead atoms. The number of hydrogen-bond donors (Lipinski definition) is 1. The first-order chi connectivity index (χ1) is 10.3. The maximum absolute atomic E-state index is 5.37. The first-order valence-corrected chi connectivity index (χ1v) is 8.46. The van der Waals surface area contributed by atoms with E-state index in [1.165, 1.54) is 37.1 Å². The molecule has 3 heteroatoms. The number of anilines is 1. The lowest BCUT2D eigenvalue weighted by Crippen LogP contribution is -2.41. The summed E-state index contributed by atoms with van der Waals surface area (Å²) in [6.07, 6.45) is 4.92. The minimum atomic E-state index is 0.538. The Morgan fingerprint density at radius 2 is 2.14 bits per heavy atom. The molecule has 118 valence electrons. The summed E-state index contributed by atoms with van der Waals surface area (Å²) in [5.74, 6) is 0. The summed E-state index contributed by atoms with van der Waals surface area (Å²) in [4.78, 5) is 2.58. The van der Waals surface area contributed by atoms with Crippen molar-refractivity contribution >= 4 is 5.69 Å². The van der Waals surface area contributed by atoms with Crippen molar-refractivity contribution in [1.82, 2.24) is 5.32 Å². The van der Waals surface area contributed by atoms with E-state index < -0.39 is 0 Å². The lowest BCUT2D eigenvalue weighted by Gasteiger charge is -2.31. The molecule has 1 heterocycles. The van der Waals surface area contributed by atoms with Gasteiger partial charge < -0.3 is 15.0 Å². The molecule has 3 nitrogen and oxygen atoms in total. The minimum absolute atomic E-state index is 0.538. The summed E-state index contributed by atoms with van der Waals surface area (Å²) < 4.78 is 5.37. The summed E-state index contributed by atoms with van der Waals surface area (Å²) in [5, 5.41) is 3.57. The molecule has 0 radical (unpaired) electrons. The number of rotatable bonds is 8. The Kier molecular flexibility index (Phi) is 7.04. The molecule has 0 aliphatic carbocycles. The quantitative estimate of drug-likeness (QED) is 0.744. The summed E-state index contributed by atoms with van der Waals surface area (Å²) >= 11 is 0. The van der Waals surface area contributed by atoms with E-state index >= 15 is 0 Å². The summed E-state index contributed by atoms with van der Waals surface area (Å²) in [6.45, 7) is 9.33. The molecule has 0 saturated heterocycles. The number of benzene rings is 1. The van der Waals surface area contributed by atoms with Crippen molar-refractivity contribution in [2.24, 2.45) is 0 Å². The second-order valence-electron chi connectivity index (χ2n) is 5.88. The van der Waals surface area contributed by atoms with E-state index in [9.17, 15) is 0 Å². The van der Waals surface area contributed by atoms with Crippen LogP contribution in [-0.2, 0) is 11.2 Å². The Balaban J connectivity index is 1.83. The topological polar surface area (TPSA) is 24.5 Å². The molecule has 0 fully saturated rings. The smallest absolute Gasteiger partial charge is 0.0477 e. The molecular formula is C18H30N2O. The van der Waals surface area contributed by atoms with Crippen molar-refractivity contribution in [2.75, 3.05) is 37.7 Å². The zero-order valence-corrected chi connectivity index (χ0v) is 13.6. The van der Waals surface area contributed by atoms with Gasteiger partial charge >= 0.3 is 0 Å². The van der Waals surface area contributed by atoms with E-state index in [2.05, 4.69) is 41.4 Å². The lowest BCUT2D eigenvalue weighted by molar-refractivity contribution is 0.144. The highest BCUT2D eigenvalue weighted by Crippen LogP contribution is 2.27. The Labute approximate surface area is 129 Å². The molecule has 1 aliphatic heterocycles. The zero-order chi connectivity index (χ0) is 14.9. The van der Waals surface area contributed by atoms with Crippen LogP contribution in [0.15, 0.2) is 24.3 Å². The van der Waals surface area contributed by atoms with Gasteiger partial charge in [0.25, 0.3) is 0 Å². The number of fused-ring (bicyclic) bond motifs is 1. The fourth-order valence-electron chi connectivity index (χ4n) is 3.04. The molecule has 21 heavy (non-hydrogen) atoms. The number of ether oxygens (including phenoxy) is 1. The van der Waals surface area contributed by atoms with Gasteiger partial charge in [0.2, 0.25) is 0 Å². The van der Waals surface area contributed by atoms with Gasteiger partial charge in [-0.05, 0) is 57.7 Å². The highest BCUT2D eigenvalue weighted by Gasteiger charge is 2.19. The molecule has 1 atom stereocenters. The largest absolute Gasteiger partial charge is 0.382 e. The van der Waals surface area contributed by atoms with Crippen molar-refractivity contribution in [3.05, 3.63) is 29.8 Å². The highest BCUT2D eigenvalue weighted by molar-refractivity contribution is 5.55. The fraction of sp³-hybridized carbons (Fsp3) is 0.667. The van der Waals surface area contributed by atoms with E-state index in [1.54, 1.807) is 0 Å². The monoisotopic (exact) mass is 290 g/mol. The van der Waals surface area contributed by atoms with Crippen LogP contribution in [0.1, 0.15) is 38.7 Å². The first kappa shape index (κ1) is 16.3. The maximum atomic E-state index is 5.37. The molecule has 1 aromatic carbocycles. The predicted octanol–water partition coefficient (Wildman–Crippen LogP) is 3.23. The van der Waals surface area contributed by atoms with E-state index in [4.69, 9.17) is 4.74 Å². The number of para-hydroxylation sites is 1. The third kappa shape index (κ3) is 5.01. The lowest BCUT2D eigenvalue weighted by atomic mass is 10.1. The Bertz CT molecular complexity index is 408. The minimum Gasteiger partial charge on any atom is -0.382 e. The van der Waals surface area contributed by atoms with Gasteiger partial charge in [-0.25, -0.2) is 0 Å². The van der Waals surface area contributed by atoms with Crippen molar-refractivity contribution < 1.29 is 4.74 Å². The van der Waals surface area contributed by atoms with Gasteiger partial charge in [-0.1, -0.05) is 18.2 Å². The van der Waals surface area contributed by atoms with Crippen molar-refractivity contribution in [1.29, 1.82) is 0 Å². The Hall–Kier alpha value is -1.06. The summed E-state index contributed by atoms with van der Waals surface area (Å²) in [7, 11) is 0. The normalized spacial score (nSPS) is 16.4. The van der Waals surface area contributed by atoms with Crippen molar-refractivity contribution in [3.63, 3.8) is 0 Å². The molecular weight excluding hydrogens is 260 g/mol. The highest BCUT2D eigenvalue weighted by atomic mass is 16.5. The van der Waals surface area contributed by atoms with Gasteiger partial charge in [0, 0.05) is 38.0 Å². The van der Waals surface area contributed by atoms with Crippen LogP contribution >= 0.6 is 0 Å². The third-order valence-electron chi connectivity index (χ3n) is 4.21. The van der Waals surface area contributed by atoms with Crippen LogP contribution < -0.4 is 10.2 Å². The summed E-state index contributed by atoms with van der Waals surface area (Å²) in [5.41, 5.74) is 2.96. The Morgan fingerprint density at radius 3 is 3.00 bits per heavy atom. The van der Waals surface area contributed by atoms with Crippen molar-refractivity contribution in [2.45, 2.75) is 45.6 Å². The number of nitrogens with zero attached hydrogens (tertiary/aromatic N) is 1. The van der Waals surface area contributed by atoms with E-state index in [0.717, 1.165) is 32.7 Å². The molecule has 2 rings (SSSR count). The Morgan fingerprint density at radius 1 is 1.29 bits per heavy atom. The van der Waals surface area contributed by atoms with Crippen LogP contribution in [0.25, 0.3) is 0 Å². The van der Waals surface area contributed by atoms with Gasteiger partial charge in [0.05, 0.1) is 0 Å². The average Bonchev–Trinajstić information content (AvgIpc) is 2.73. The van der Waals surface area contributed by atoms with E-state index in [1.807, 2.05) is 6.92 Å². The van der Waals surface area contributed by atoms with Crippen LogP contribution in [0, 0.1) is 0 Å². The van der Waals surface area contributed by atoms with Crippen LogP contribution in [0.2, 0.25) is 0 Å². The molecule has 1 aliphatic rings.